The minimum atomic E-state index is -5.15. The second kappa shape index (κ2) is 34.2. The van der Waals surface area contributed by atoms with Crippen molar-refractivity contribution in [3.63, 3.8) is 0 Å². The molecular weight excluding hydrogens is 819 g/mol. The van der Waals surface area contributed by atoms with E-state index in [1.807, 2.05) is 0 Å². The fourth-order valence-electron chi connectivity index (χ4n) is 7.13. The van der Waals surface area contributed by atoms with E-state index in [0.29, 0.717) is 19.3 Å². The van der Waals surface area contributed by atoms with E-state index in [4.69, 9.17) is 23.3 Å². The van der Waals surface area contributed by atoms with Gasteiger partial charge >= 0.3 is 19.8 Å². The number of phosphoric acid groups is 1. The van der Waals surface area contributed by atoms with Crippen molar-refractivity contribution >= 4 is 19.8 Å². The summed E-state index contributed by atoms with van der Waals surface area (Å²) in [5.74, 6) is -1.19. The first kappa shape index (κ1) is 55.9. The molecule has 10 atom stereocenters. The molecule has 62 heavy (non-hydrogen) atoms. The Labute approximate surface area is 371 Å². The quantitative estimate of drug-likeness (QED) is 0.0114. The normalized spacial score (nSPS) is 25.5. The standard InChI is InChI=1S/C47H81O14P/c1-3-5-7-9-11-13-15-17-18-19-21-23-25-27-29-33-40(48)57-35-37(36-58-62(55,56)61-47-45(53)43(51)42(50)44(52)46(47)54)59-41(49)34-30-32-39-38(60-39)31-28-26-24-22-20-16-14-12-10-8-6-4-2/h12,14,17-18,20,22,26,28,37-39,42-47,50-54H,3-11,13,15-16,19,21,23-25,27,29-36H2,1-2H3,(H,55,56)/b14-12-,18-17-,22-20-,28-26-/t37-,38?,39?,42?,43-,44+,45-,46-,47?/m1/s1. The van der Waals surface area contributed by atoms with Crippen LogP contribution in [0.15, 0.2) is 48.6 Å². The van der Waals surface area contributed by atoms with Crippen LogP contribution < -0.4 is 0 Å². The molecule has 2 rings (SSSR count). The largest absolute Gasteiger partial charge is 0.472 e. The van der Waals surface area contributed by atoms with Gasteiger partial charge in [-0.25, -0.2) is 4.57 Å². The van der Waals surface area contributed by atoms with Crippen molar-refractivity contribution in [1.29, 1.82) is 0 Å². The average molecular weight is 901 g/mol. The Morgan fingerprint density at radius 2 is 1.06 bits per heavy atom. The number of aliphatic hydroxyl groups is 5. The maximum Gasteiger partial charge on any atom is 0.472 e. The Bertz CT molecular complexity index is 1340. The van der Waals surface area contributed by atoms with Crippen LogP contribution >= 0.6 is 7.82 Å². The first-order valence-corrected chi connectivity index (χ1v) is 25.1. The number of ether oxygens (including phenoxy) is 3. The van der Waals surface area contributed by atoms with Gasteiger partial charge < -0.3 is 44.6 Å². The smallest absolute Gasteiger partial charge is 0.462 e. The summed E-state index contributed by atoms with van der Waals surface area (Å²) in [6.45, 7) is 3.19. The number of hydrogen-bond acceptors (Lipinski definition) is 13. The lowest BCUT2D eigenvalue weighted by Gasteiger charge is -2.41. The van der Waals surface area contributed by atoms with Crippen molar-refractivity contribution in [3.05, 3.63) is 48.6 Å². The molecule has 2 fully saturated rings. The fraction of sp³-hybridized carbons (Fsp3) is 0.787. The molecule has 1 aliphatic heterocycles. The highest BCUT2D eigenvalue weighted by molar-refractivity contribution is 7.47. The monoisotopic (exact) mass is 901 g/mol. The highest BCUT2D eigenvalue weighted by Gasteiger charge is 2.51. The molecule has 6 N–H and O–H groups in total. The second-order valence-corrected chi connectivity index (χ2v) is 18.0. The first-order valence-electron chi connectivity index (χ1n) is 23.6. The van der Waals surface area contributed by atoms with Crippen LogP contribution in [0.4, 0.5) is 0 Å². The lowest BCUT2D eigenvalue weighted by Crippen LogP contribution is -2.64. The summed E-state index contributed by atoms with van der Waals surface area (Å²) in [5.41, 5.74) is 0. The van der Waals surface area contributed by atoms with Gasteiger partial charge in [0.05, 0.1) is 18.8 Å². The molecule has 1 saturated carbocycles. The van der Waals surface area contributed by atoms with E-state index in [-0.39, 0.29) is 25.0 Å². The van der Waals surface area contributed by atoms with Crippen LogP contribution in [0.3, 0.4) is 0 Å². The van der Waals surface area contributed by atoms with E-state index in [1.165, 1.54) is 57.8 Å². The van der Waals surface area contributed by atoms with Gasteiger partial charge in [0, 0.05) is 12.8 Å². The molecule has 0 aromatic rings. The predicted octanol–water partition coefficient (Wildman–Crippen LogP) is 8.16. The Hall–Kier alpha value is -2.23. The van der Waals surface area contributed by atoms with Crippen molar-refractivity contribution in [1.82, 2.24) is 0 Å². The van der Waals surface area contributed by atoms with Gasteiger partial charge in [-0.1, -0.05) is 127 Å². The maximum absolute atomic E-state index is 12.8. The number of carbonyl (C=O) groups is 2. The molecule has 0 radical (unpaired) electrons. The summed E-state index contributed by atoms with van der Waals surface area (Å²) in [7, 11) is -5.15. The summed E-state index contributed by atoms with van der Waals surface area (Å²) < 4.78 is 39.3. The van der Waals surface area contributed by atoms with E-state index in [1.54, 1.807) is 0 Å². The van der Waals surface area contributed by atoms with Gasteiger partial charge in [0.2, 0.25) is 0 Å². The van der Waals surface area contributed by atoms with Crippen LogP contribution in [0.5, 0.6) is 0 Å². The molecule has 15 heteroatoms. The van der Waals surface area contributed by atoms with Gasteiger partial charge in [-0.3, -0.25) is 18.6 Å². The highest BCUT2D eigenvalue weighted by Crippen LogP contribution is 2.47. The van der Waals surface area contributed by atoms with Crippen LogP contribution in [0, 0.1) is 0 Å². The zero-order valence-corrected chi connectivity index (χ0v) is 38.5. The van der Waals surface area contributed by atoms with Crippen LogP contribution in [0.2, 0.25) is 0 Å². The minimum absolute atomic E-state index is 0.00543. The molecule has 0 aromatic heterocycles. The van der Waals surface area contributed by atoms with E-state index in [2.05, 4.69) is 62.5 Å². The van der Waals surface area contributed by atoms with Crippen LogP contribution in [0.1, 0.15) is 168 Å². The van der Waals surface area contributed by atoms with Crippen molar-refractivity contribution in [3.8, 4) is 0 Å². The first-order chi connectivity index (χ1) is 29.9. The minimum Gasteiger partial charge on any atom is -0.462 e. The van der Waals surface area contributed by atoms with Crippen LogP contribution in [-0.4, -0.2) is 111 Å². The lowest BCUT2D eigenvalue weighted by atomic mass is 9.85. The summed E-state index contributed by atoms with van der Waals surface area (Å²) in [4.78, 5) is 35.8. The van der Waals surface area contributed by atoms with Gasteiger partial charge in [0.15, 0.2) is 6.10 Å². The number of allylic oxidation sites excluding steroid dienone is 7. The molecule has 1 aliphatic carbocycles. The summed E-state index contributed by atoms with van der Waals surface area (Å²) in [6.07, 6.45) is 27.5. The molecular formula is C47H81O14P. The maximum atomic E-state index is 12.8. The fourth-order valence-corrected chi connectivity index (χ4v) is 8.11. The third kappa shape index (κ3) is 25.9. The number of epoxide rings is 1. The molecule has 1 saturated heterocycles. The topological polar surface area (TPSA) is 222 Å². The Morgan fingerprint density at radius 1 is 0.581 bits per heavy atom. The zero-order valence-electron chi connectivity index (χ0n) is 37.6. The third-order valence-electron chi connectivity index (χ3n) is 11.1. The lowest BCUT2D eigenvalue weighted by molar-refractivity contribution is -0.220. The highest BCUT2D eigenvalue weighted by atomic mass is 31.2. The SMILES string of the molecule is CCCCC/C=C\C/C=C\C/C=C\CC1OC1CCCC(=O)O[C@H](COC(=O)CCCCCCC/C=C\CCCCCCCC)COP(=O)(O)OC1[C@H](O)[C@H](O)C(O)[C@H](O)[C@H]1O. The Balaban J connectivity index is 1.75. The van der Waals surface area contributed by atoms with Crippen LogP contribution in [-0.2, 0) is 37.4 Å². The van der Waals surface area contributed by atoms with Crippen molar-refractivity contribution in [2.75, 3.05) is 13.2 Å². The van der Waals surface area contributed by atoms with E-state index in [9.17, 15) is 44.6 Å². The number of unbranched alkanes of at least 4 members (excludes halogenated alkanes) is 14. The molecule has 14 nitrogen and oxygen atoms in total. The van der Waals surface area contributed by atoms with Crippen molar-refractivity contribution in [2.24, 2.45) is 0 Å². The molecule has 0 spiro atoms. The van der Waals surface area contributed by atoms with Gasteiger partial charge in [-0.2, -0.15) is 0 Å². The summed E-state index contributed by atoms with van der Waals surface area (Å²) in [5, 5.41) is 50.2. The number of phosphoric ester groups is 1. The van der Waals surface area contributed by atoms with Crippen molar-refractivity contribution in [2.45, 2.75) is 223 Å². The second-order valence-electron chi connectivity index (χ2n) is 16.6. The zero-order chi connectivity index (χ0) is 45.4. The molecule has 0 aromatic carbocycles. The molecule has 2 aliphatic rings. The Morgan fingerprint density at radius 3 is 1.69 bits per heavy atom. The number of hydrogen-bond donors (Lipinski definition) is 6. The predicted molar refractivity (Wildman–Crippen MR) is 239 cm³/mol. The van der Waals surface area contributed by atoms with Crippen LogP contribution in [0.25, 0.3) is 0 Å². The van der Waals surface area contributed by atoms with Gasteiger partial charge in [0.1, 0.15) is 43.2 Å². The number of esters is 2. The van der Waals surface area contributed by atoms with E-state index >= 15 is 0 Å². The van der Waals surface area contributed by atoms with Gasteiger partial charge in [0.25, 0.3) is 0 Å². The van der Waals surface area contributed by atoms with Gasteiger partial charge in [-0.15, -0.1) is 0 Å². The summed E-state index contributed by atoms with van der Waals surface area (Å²) >= 11 is 0. The molecule has 358 valence electrons. The van der Waals surface area contributed by atoms with E-state index in [0.717, 1.165) is 64.2 Å². The molecule has 1 heterocycles. The number of rotatable bonds is 37. The number of aliphatic hydroxyl groups excluding tert-OH is 5. The molecule has 0 bridgehead atoms. The Kier molecular flexibility index (Phi) is 30.8. The third-order valence-corrected chi connectivity index (χ3v) is 12.1. The summed E-state index contributed by atoms with van der Waals surface area (Å²) in [6, 6.07) is 0. The number of carbonyl (C=O) groups excluding carboxylic acids is 2. The average Bonchev–Trinajstić information content (AvgIpc) is 4.01. The van der Waals surface area contributed by atoms with Crippen molar-refractivity contribution < 1.29 is 67.8 Å². The molecule has 5 unspecified atom stereocenters. The van der Waals surface area contributed by atoms with E-state index < -0.39 is 75.7 Å². The molecule has 0 amide bonds. The van der Waals surface area contributed by atoms with Gasteiger partial charge in [-0.05, 0) is 77.0 Å².